The lowest BCUT2D eigenvalue weighted by Crippen LogP contribution is -2.01. The van der Waals surface area contributed by atoms with Crippen molar-refractivity contribution in [1.29, 1.82) is 0 Å². The Labute approximate surface area is 117 Å². The molecule has 0 aliphatic rings. The second-order valence-electron chi connectivity index (χ2n) is 4.35. The number of hydrogen-bond acceptors (Lipinski definition) is 4. The molecule has 0 saturated heterocycles. The molecular weight excluding hydrogens is 256 g/mol. The van der Waals surface area contributed by atoms with Gasteiger partial charge in [-0.2, -0.15) is 0 Å². The van der Waals surface area contributed by atoms with Gasteiger partial charge in [0.1, 0.15) is 11.4 Å². The van der Waals surface area contributed by atoms with Gasteiger partial charge in [-0.1, -0.05) is 24.3 Å². The predicted molar refractivity (Wildman–Crippen MR) is 78.4 cm³/mol. The van der Waals surface area contributed by atoms with Crippen molar-refractivity contribution in [3.8, 4) is 5.75 Å². The van der Waals surface area contributed by atoms with Crippen molar-refractivity contribution >= 4 is 11.4 Å². The van der Waals surface area contributed by atoms with Gasteiger partial charge in [0, 0.05) is 19.0 Å². The number of para-hydroxylation sites is 1. The largest absolute Gasteiger partial charge is 0.497 e. The van der Waals surface area contributed by atoms with E-state index in [0.29, 0.717) is 17.7 Å². The van der Waals surface area contributed by atoms with Gasteiger partial charge in [0.05, 0.1) is 12.0 Å². The molecule has 0 spiro atoms. The zero-order chi connectivity index (χ0) is 14.5. The van der Waals surface area contributed by atoms with Gasteiger partial charge in [-0.25, -0.2) is 0 Å². The third kappa shape index (κ3) is 2.88. The lowest BCUT2D eigenvalue weighted by molar-refractivity contribution is -0.384. The van der Waals surface area contributed by atoms with E-state index in [9.17, 15) is 10.1 Å². The van der Waals surface area contributed by atoms with Gasteiger partial charge in [-0.3, -0.25) is 10.1 Å². The summed E-state index contributed by atoms with van der Waals surface area (Å²) in [5.41, 5.74) is 2.35. The Morgan fingerprint density at radius 3 is 2.45 bits per heavy atom. The fraction of sp³-hybridized carbons (Fsp3) is 0.200. The number of methoxy groups -OCH3 is 1. The predicted octanol–water partition coefficient (Wildman–Crippen LogP) is 3.24. The zero-order valence-electron chi connectivity index (χ0n) is 11.4. The molecule has 2 rings (SSSR count). The molecule has 104 valence electrons. The van der Waals surface area contributed by atoms with E-state index in [-0.39, 0.29) is 10.6 Å². The summed E-state index contributed by atoms with van der Waals surface area (Å²) in [4.78, 5) is 10.9. The van der Waals surface area contributed by atoms with Gasteiger partial charge in [0.2, 0.25) is 0 Å². The molecule has 0 atom stereocenters. The Morgan fingerprint density at radius 1 is 1.20 bits per heavy atom. The molecule has 0 aromatic heterocycles. The van der Waals surface area contributed by atoms with Crippen LogP contribution < -0.4 is 10.1 Å². The van der Waals surface area contributed by atoms with Gasteiger partial charge in [0.25, 0.3) is 5.69 Å². The molecule has 0 fully saturated rings. The molecule has 0 heterocycles. The van der Waals surface area contributed by atoms with E-state index >= 15 is 0 Å². The van der Waals surface area contributed by atoms with E-state index in [2.05, 4.69) is 5.32 Å². The van der Waals surface area contributed by atoms with Crippen LogP contribution in [-0.4, -0.2) is 19.1 Å². The molecule has 2 aromatic rings. The molecule has 0 unspecified atom stereocenters. The van der Waals surface area contributed by atoms with Crippen LogP contribution in [0.1, 0.15) is 11.1 Å². The molecule has 2 aromatic carbocycles. The van der Waals surface area contributed by atoms with E-state index in [1.807, 2.05) is 30.3 Å². The highest BCUT2D eigenvalue weighted by Gasteiger charge is 2.18. The number of benzene rings is 2. The van der Waals surface area contributed by atoms with Crippen LogP contribution in [-0.2, 0) is 6.42 Å². The molecule has 0 radical (unpaired) electrons. The number of nitrogens with one attached hydrogen (secondary N) is 1. The maximum atomic E-state index is 11.2. The Kier molecular flexibility index (Phi) is 4.20. The molecule has 0 saturated carbocycles. The Bertz CT molecular complexity index is 609. The van der Waals surface area contributed by atoms with Crippen LogP contribution in [0.25, 0.3) is 0 Å². The zero-order valence-corrected chi connectivity index (χ0v) is 11.4. The number of nitro groups is 1. The fourth-order valence-corrected chi connectivity index (χ4v) is 2.11. The van der Waals surface area contributed by atoms with E-state index in [1.165, 1.54) is 0 Å². The van der Waals surface area contributed by atoms with Crippen LogP contribution in [0, 0.1) is 10.1 Å². The number of anilines is 1. The standard InChI is InChI=1S/C15H16N2O3/c1-16-14-5-3-4-12(15(14)17(18)19)10-11-6-8-13(20-2)9-7-11/h3-9,16H,10H2,1-2H3. The minimum absolute atomic E-state index is 0.130. The lowest BCUT2D eigenvalue weighted by atomic mass is 10.0. The Hall–Kier alpha value is -2.56. The van der Waals surface area contributed by atoms with Crippen LogP contribution in [0.2, 0.25) is 0 Å². The molecule has 0 aliphatic heterocycles. The normalized spacial score (nSPS) is 10.1. The smallest absolute Gasteiger partial charge is 0.295 e. The second-order valence-corrected chi connectivity index (χ2v) is 4.35. The highest BCUT2D eigenvalue weighted by atomic mass is 16.6. The first kappa shape index (κ1) is 13.9. The summed E-state index contributed by atoms with van der Waals surface area (Å²) in [7, 11) is 3.29. The first-order valence-corrected chi connectivity index (χ1v) is 6.22. The van der Waals surface area contributed by atoms with Crippen molar-refractivity contribution in [2.75, 3.05) is 19.5 Å². The number of hydrogen-bond donors (Lipinski definition) is 1. The third-order valence-corrected chi connectivity index (χ3v) is 3.13. The van der Waals surface area contributed by atoms with Crippen LogP contribution in [0.3, 0.4) is 0 Å². The van der Waals surface area contributed by atoms with Gasteiger partial charge < -0.3 is 10.1 Å². The molecule has 0 aliphatic carbocycles. The highest BCUT2D eigenvalue weighted by molar-refractivity contribution is 5.65. The quantitative estimate of drug-likeness (QED) is 0.670. The van der Waals surface area contributed by atoms with Crippen molar-refractivity contribution < 1.29 is 9.66 Å². The van der Waals surface area contributed by atoms with E-state index in [0.717, 1.165) is 11.3 Å². The first-order chi connectivity index (χ1) is 9.65. The van der Waals surface area contributed by atoms with Crippen LogP contribution >= 0.6 is 0 Å². The summed E-state index contributed by atoms with van der Waals surface area (Å²) >= 11 is 0. The average molecular weight is 272 g/mol. The summed E-state index contributed by atoms with van der Waals surface area (Å²) < 4.78 is 5.10. The summed E-state index contributed by atoms with van der Waals surface area (Å²) in [6, 6.07) is 12.8. The fourth-order valence-electron chi connectivity index (χ4n) is 2.11. The Balaban J connectivity index is 2.34. The van der Waals surface area contributed by atoms with E-state index < -0.39 is 0 Å². The average Bonchev–Trinajstić information content (AvgIpc) is 2.47. The molecule has 5 nitrogen and oxygen atoms in total. The molecule has 1 N–H and O–H groups in total. The minimum atomic E-state index is -0.343. The number of ether oxygens (including phenoxy) is 1. The van der Waals surface area contributed by atoms with Crippen molar-refractivity contribution in [2.45, 2.75) is 6.42 Å². The molecule has 5 heteroatoms. The topological polar surface area (TPSA) is 64.4 Å². The van der Waals surface area contributed by atoms with Gasteiger partial charge >= 0.3 is 0 Å². The van der Waals surface area contributed by atoms with Gasteiger partial charge in [-0.15, -0.1) is 0 Å². The summed E-state index contributed by atoms with van der Waals surface area (Å²) in [5, 5.41) is 14.1. The summed E-state index contributed by atoms with van der Waals surface area (Å²) in [5.74, 6) is 0.771. The maximum absolute atomic E-state index is 11.2. The molecule has 20 heavy (non-hydrogen) atoms. The van der Waals surface area contributed by atoms with Crippen molar-refractivity contribution in [3.63, 3.8) is 0 Å². The first-order valence-electron chi connectivity index (χ1n) is 6.22. The third-order valence-electron chi connectivity index (χ3n) is 3.13. The number of rotatable bonds is 5. The SMILES string of the molecule is CNc1cccc(Cc2ccc(OC)cc2)c1[N+](=O)[O-]. The highest BCUT2D eigenvalue weighted by Crippen LogP contribution is 2.30. The summed E-state index contributed by atoms with van der Waals surface area (Å²) in [6.07, 6.45) is 0.510. The lowest BCUT2D eigenvalue weighted by Gasteiger charge is -2.08. The Morgan fingerprint density at radius 2 is 1.90 bits per heavy atom. The van der Waals surface area contributed by atoms with Crippen molar-refractivity contribution in [1.82, 2.24) is 0 Å². The molecule has 0 amide bonds. The van der Waals surface area contributed by atoms with Gasteiger partial charge in [-0.05, 0) is 23.8 Å². The summed E-state index contributed by atoms with van der Waals surface area (Å²) in [6.45, 7) is 0. The van der Waals surface area contributed by atoms with E-state index in [4.69, 9.17) is 4.74 Å². The van der Waals surface area contributed by atoms with Crippen LogP contribution in [0.4, 0.5) is 11.4 Å². The molecular formula is C15H16N2O3. The van der Waals surface area contributed by atoms with Crippen LogP contribution in [0.5, 0.6) is 5.75 Å². The maximum Gasteiger partial charge on any atom is 0.295 e. The molecule has 0 bridgehead atoms. The second kappa shape index (κ2) is 6.06. The minimum Gasteiger partial charge on any atom is -0.497 e. The number of nitro benzene ring substituents is 1. The van der Waals surface area contributed by atoms with Gasteiger partial charge in [0.15, 0.2) is 0 Å². The monoisotopic (exact) mass is 272 g/mol. The van der Waals surface area contributed by atoms with E-state index in [1.54, 1.807) is 26.3 Å². The number of nitrogens with zero attached hydrogens (tertiary/aromatic N) is 1. The van der Waals surface area contributed by atoms with Crippen molar-refractivity contribution in [2.24, 2.45) is 0 Å². The van der Waals surface area contributed by atoms with Crippen molar-refractivity contribution in [3.05, 3.63) is 63.7 Å². The van der Waals surface area contributed by atoms with Crippen LogP contribution in [0.15, 0.2) is 42.5 Å².